The van der Waals surface area contributed by atoms with E-state index in [0.29, 0.717) is 0 Å². The van der Waals surface area contributed by atoms with Crippen LogP contribution in [0.4, 0.5) is 0 Å². The summed E-state index contributed by atoms with van der Waals surface area (Å²) < 4.78 is 33.5. The van der Waals surface area contributed by atoms with Crippen LogP contribution in [-0.4, -0.2) is 20.5 Å². The van der Waals surface area contributed by atoms with Gasteiger partial charge in [-0.05, 0) is 43.0 Å². The van der Waals surface area contributed by atoms with Gasteiger partial charge in [-0.15, -0.1) is 0 Å². The van der Waals surface area contributed by atoms with Gasteiger partial charge in [0, 0.05) is 0 Å². The highest BCUT2D eigenvalue weighted by molar-refractivity contribution is 7.86. The van der Waals surface area contributed by atoms with Gasteiger partial charge in [-0.1, -0.05) is 24.6 Å². The third-order valence-electron chi connectivity index (χ3n) is 3.10. The van der Waals surface area contributed by atoms with Gasteiger partial charge >= 0.3 is 16.1 Å². The van der Waals surface area contributed by atoms with Gasteiger partial charge in [0.15, 0.2) is 0 Å². The Balaban J connectivity index is 1.94. The van der Waals surface area contributed by atoms with Crippen molar-refractivity contribution in [1.82, 2.24) is 0 Å². The number of ether oxygens (including phenoxy) is 1. The number of hydrogen-bond acceptors (Lipinski definition) is 5. The van der Waals surface area contributed by atoms with Gasteiger partial charge in [-0.2, -0.15) is 8.42 Å². The molecule has 0 spiro atoms. The van der Waals surface area contributed by atoms with Gasteiger partial charge in [0.25, 0.3) is 0 Å². The molecule has 6 nitrogen and oxygen atoms in total. The molecule has 1 fully saturated rings. The lowest BCUT2D eigenvalue weighted by atomic mass is 9.98. The summed E-state index contributed by atoms with van der Waals surface area (Å²) in [5.74, 6) is 0. The van der Waals surface area contributed by atoms with E-state index in [0.717, 1.165) is 25.7 Å². The highest BCUT2D eigenvalue weighted by Crippen LogP contribution is 2.20. The minimum atomic E-state index is -3.94. The number of benzene rings is 1. The molecule has 0 saturated heterocycles. The topological polar surface area (TPSA) is 91.0 Å². The second kappa shape index (κ2) is 6.60. The summed E-state index contributed by atoms with van der Waals surface area (Å²) in [5.41, 5.74) is 5.53. The van der Waals surface area contributed by atoms with Gasteiger partial charge in [0.05, 0.1) is 0 Å². The third kappa shape index (κ3) is 4.12. The summed E-state index contributed by atoms with van der Waals surface area (Å²) in [7, 11) is -3.94. The molecule has 0 unspecified atom stereocenters. The summed E-state index contributed by atoms with van der Waals surface area (Å²) in [6.45, 7) is 0. The van der Waals surface area contributed by atoms with Crippen LogP contribution in [0.25, 0.3) is 0 Å². The van der Waals surface area contributed by atoms with Crippen LogP contribution in [0.5, 0.6) is 0 Å². The molecular formula is C13H18N2O4S. The van der Waals surface area contributed by atoms with Crippen molar-refractivity contribution < 1.29 is 17.4 Å². The molecule has 0 bridgehead atoms. The number of oxime groups is 1. The highest BCUT2D eigenvalue weighted by Gasteiger charge is 2.18. The zero-order valence-electron chi connectivity index (χ0n) is 11.1. The number of amidine groups is 1. The lowest BCUT2D eigenvalue weighted by Crippen LogP contribution is -2.26. The molecule has 2 N–H and O–H groups in total. The van der Waals surface area contributed by atoms with E-state index in [4.69, 9.17) is 10.5 Å². The molecule has 20 heavy (non-hydrogen) atoms. The van der Waals surface area contributed by atoms with Crippen molar-refractivity contribution in [2.45, 2.75) is 43.1 Å². The van der Waals surface area contributed by atoms with E-state index in [-0.39, 0.29) is 17.0 Å². The molecule has 0 aliphatic heterocycles. The minimum Gasteiger partial charge on any atom is -0.460 e. The Morgan fingerprint density at radius 3 is 2.45 bits per heavy atom. The first-order valence-corrected chi connectivity index (χ1v) is 7.97. The second-order valence-corrected chi connectivity index (χ2v) is 6.18. The van der Waals surface area contributed by atoms with Crippen molar-refractivity contribution >= 4 is 16.1 Å². The van der Waals surface area contributed by atoms with Crippen molar-refractivity contribution in [2.24, 2.45) is 10.9 Å². The van der Waals surface area contributed by atoms with Gasteiger partial charge in [-0.3, -0.25) is 4.28 Å². The molecule has 1 saturated carbocycles. The van der Waals surface area contributed by atoms with Crippen LogP contribution in [0.2, 0.25) is 0 Å². The maximum atomic E-state index is 11.8. The first-order chi connectivity index (χ1) is 9.58. The van der Waals surface area contributed by atoms with Crippen LogP contribution >= 0.6 is 0 Å². The van der Waals surface area contributed by atoms with Crippen LogP contribution in [0, 0.1) is 0 Å². The zero-order valence-corrected chi connectivity index (χ0v) is 11.9. The molecule has 1 aromatic rings. The highest BCUT2D eigenvalue weighted by atomic mass is 32.2. The Labute approximate surface area is 118 Å². The fourth-order valence-electron chi connectivity index (χ4n) is 2.09. The summed E-state index contributed by atoms with van der Waals surface area (Å²) in [4.78, 5) is 0.0224. The number of nitrogens with two attached hydrogens (primary N) is 1. The molecule has 7 heteroatoms. The molecule has 0 atom stereocenters. The van der Waals surface area contributed by atoms with Gasteiger partial charge < -0.3 is 10.5 Å². The summed E-state index contributed by atoms with van der Waals surface area (Å²) in [6.07, 6.45) is 5.16. The lowest BCUT2D eigenvalue weighted by Gasteiger charge is -2.21. The van der Waals surface area contributed by atoms with Crippen molar-refractivity contribution in [3.05, 3.63) is 30.3 Å². The molecule has 1 aromatic carbocycles. The fourth-order valence-corrected chi connectivity index (χ4v) is 2.84. The van der Waals surface area contributed by atoms with E-state index in [1.807, 2.05) is 0 Å². The Hall–Kier alpha value is -1.76. The molecule has 0 aromatic heterocycles. The largest absolute Gasteiger partial charge is 0.460 e. The Morgan fingerprint density at radius 2 is 1.80 bits per heavy atom. The van der Waals surface area contributed by atoms with Crippen LogP contribution in [0.3, 0.4) is 0 Å². The third-order valence-corrected chi connectivity index (χ3v) is 4.22. The monoisotopic (exact) mass is 298 g/mol. The number of nitrogens with zero attached hydrogens (tertiary/aromatic N) is 1. The zero-order chi connectivity index (χ0) is 14.4. The van der Waals surface area contributed by atoms with E-state index in [1.165, 1.54) is 18.6 Å². The van der Waals surface area contributed by atoms with E-state index in [2.05, 4.69) is 9.44 Å². The summed E-state index contributed by atoms with van der Waals surface area (Å²) in [6, 6.07) is 7.50. The van der Waals surface area contributed by atoms with Crippen molar-refractivity contribution in [3.8, 4) is 0 Å². The quantitative estimate of drug-likeness (QED) is 0.521. The molecule has 0 heterocycles. The van der Waals surface area contributed by atoms with Crippen molar-refractivity contribution in [3.63, 3.8) is 0 Å². The predicted octanol–water partition coefficient (Wildman–Crippen LogP) is 1.97. The number of rotatable bonds is 4. The lowest BCUT2D eigenvalue weighted by molar-refractivity contribution is 0.132. The maximum Gasteiger partial charge on any atom is 0.358 e. The molecule has 2 rings (SSSR count). The number of hydrogen-bond donors (Lipinski definition) is 1. The second-order valence-electron chi connectivity index (χ2n) is 4.65. The predicted molar refractivity (Wildman–Crippen MR) is 74.3 cm³/mol. The summed E-state index contributed by atoms with van der Waals surface area (Å²) >= 11 is 0. The molecular weight excluding hydrogens is 280 g/mol. The molecule has 0 radical (unpaired) electrons. The molecule has 110 valence electrons. The standard InChI is InChI=1S/C13H18N2O4S/c14-13(18-11-7-3-1-4-8-11)15-19-20(16,17)12-9-5-2-6-10-12/h2,5-6,9-11H,1,3-4,7-8H2,(H2,14,15). The SMILES string of the molecule is N/C(=N\OS(=O)(=O)c1ccccc1)OC1CCCCC1. The van der Waals surface area contributed by atoms with E-state index in [1.54, 1.807) is 18.2 Å². The van der Waals surface area contributed by atoms with Crippen molar-refractivity contribution in [2.75, 3.05) is 0 Å². The molecule has 1 aliphatic carbocycles. The van der Waals surface area contributed by atoms with E-state index in [9.17, 15) is 8.42 Å². The normalized spacial score (nSPS) is 17.7. The van der Waals surface area contributed by atoms with E-state index >= 15 is 0 Å². The molecule has 0 amide bonds. The van der Waals surface area contributed by atoms with Crippen LogP contribution in [-0.2, 0) is 19.1 Å². The minimum absolute atomic E-state index is 0.00414. The van der Waals surface area contributed by atoms with Crippen molar-refractivity contribution in [1.29, 1.82) is 0 Å². The van der Waals surface area contributed by atoms with Crippen LogP contribution in [0.1, 0.15) is 32.1 Å². The first-order valence-electron chi connectivity index (χ1n) is 6.57. The van der Waals surface area contributed by atoms with Gasteiger partial charge in [0.1, 0.15) is 11.0 Å². The first kappa shape index (κ1) is 14.6. The molecule has 1 aliphatic rings. The Bertz CT molecular complexity index is 551. The Morgan fingerprint density at radius 1 is 1.15 bits per heavy atom. The van der Waals surface area contributed by atoms with Crippen LogP contribution < -0.4 is 5.73 Å². The average Bonchev–Trinajstić information content (AvgIpc) is 2.47. The van der Waals surface area contributed by atoms with E-state index < -0.39 is 10.1 Å². The average molecular weight is 298 g/mol. The van der Waals surface area contributed by atoms with Gasteiger partial charge in [0.2, 0.25) is 0 Å². The van der Waals surface area contributed by atoms with Gasteiger partial charge in [-0.25, -0.2) is 0 Å². The fraction of sp³-hybridized carbons (Fsp3) is 0.462. The Kier molecular flexibility index (Phi) is 4.84. The summed E-state index contributed by atoms with van der Waals surface area (Å²) in [5, 5.41) is 3.35. The van der Waals surface area contributed by atoms with Crippen LogP contribution in [0.15, 0.2) is 40.4 Å². The maximum absolute atomic E-state index is 11.8. The smallest absolute Gasteiger partial charge is 0.358 e.